The number of hydrogen-bond acceptors (Lipinski definition) is 3. The molecule has 1 rings (SSSR count). The van der Waals surface area contributed by atoms with Gasteiger partial charge in [0.25, 0.3) is 0 Å². The second-order valence-electron chi connectivity index (χ2n) is 3.83. The van der Waals surface area contributed by atoms with Gasteiger partial charge in [-0.1, -0.05) is 0 Å². The van der Waals surface area contributed by atoms with Gasteiger partial charge in [-0.2, -0.15) is 13.2 Å². The van der Waals surface area contributed by atoms with Gasteiger partial charge in [0.1, 0.15) is 6.04 Å². The zero-order valence-corrected chi connectivity index (χ0v) is 10.7. The molecule has 1 unspecified atom stereocenters. The van der Waals surface area contributed by atoms with Gasteiger partial charge >= 0.3 is 6.18 Å². The first-order valence-corrected chi connectivity index (χ1v) is 5.31. The van der Waals surface area contributed by atoms with Crippen LogP contribution in [-0.2, 0) is 0 Å². The Hall–Kier alpha value is -1.43. The minimum absolute atomic E-state index is 0.127. The van der Waals surface area contributed by atoms with E-state index in [2.05, 4.69) is 5.32 Å². The smallest absolute Gasteiger partial charge is 0.407 e. The summed E-state index contributed by atoms with van der Waals surface area (Å²) in [5.74, 6) is 0.693. The van der Waals surface area contributed by atoms with Gasteiger partial charge in [-0.15, -0.1) is 0 Å². The van der Waals surface area contributed by atoms with Crippen LogP contribution in [0.4, 0.5) is 13.2 Å². The standard InChI is InChI=1S/C12H16F3NO2/c1-7-5-9(17-3)10(18-4)6-8(7)11(16-2)12(13,14)15/h5-6,11,16H,1-4H3. The first kappa shape index (κ1) is 14.6. The first-order chi connectivity index (χ1) is 8.35. The number of methoxy groups -OCH3 is 2. The molecule has 102 valence electrons. The van der Waals surface area contributed by atoms with Crippen LogP contribution in [0.15, 0.2) is 12.1 Å². The quantitative estimate of drug-likeness (QED) is 0.906. The van der Waals surface area contributed by atoms with E-state index < -0.39 is 12.2 Å². The van der Waals surface area contributed by atoms with Gasteiger partial charge < -0.3 is 14.8 Å². The maximum atomic E-state index is 12.9. The molecule has 0 saturated carbocycles. The molecule has 1 N–H and O–H groups in total. The maximum Gasteiger partial charge on any atom is 0.407 e. The molecule has 0 fully saturated rings. The fourth-order valence-corrected chi connectivity index (χ4v) is 1.80. The summed E-state index contributed by atoms with van der Waals surface area (Å²) in [5.41, 5.74) is 0.618. The summed E-state index contributed by atoms with van der Waals surface area (Å²) in [4.78, 5) is 0. The summed E-state index contributed by atoms with van der Waals surface area (Å²) in [7, 11) is 4.10. The lowest BCUT2D eigenvalue weighted by Gasteiger charge is -2.23. The highest BCUT2D eigenvalue weighted by Crippen LogP contribution is 2.38. The number of benzene rings is 1. The molecule has 0 amide bonds. The number of nitrogens with one attached hydrogen (secondary N) is 1. The average molecular weight is 263 g/mol. The predicted molar refractivity (Wildman–Crippen MR) is 62.1 cm³/mol. The van der Waals surface area contributed by atoms with Gasteiger partial charge in [-0.05, 0) is 37.2 Å². The van der Waals surface area contributed by atoms with Crippen LogP contribution in [0.25, 0.3) is 0 Å². The van der Waals surface area contributed by atoms with Crippen molar-refractivity contribution in [3.05, 3.63) is 23.3 Å². The lowest BCUT2D eigenvalue weighted by atomic mass is 10.00. The van der Waals surface area contributed by atoms with E-state index >= 15 is 0 Å². The molecule has 0 aliphatic rings. The Labute approximate surface area is 104 Å². The van der Waals surface area contributed by atoms with Crippen LogP contribution >= 0.6 is 0 Å². The molecule has 0 spiro atoms. The van der Waals surface area contributed by atoms with E-state index in [9.17, 15) is 13.2 Å². The van der Waals surface area contributed by atoms with Crippen LogP contribution in [0.2, 0.25) is 0 Å². The topological polar surface area (TPSA) is 30.5 Å². The maximum absolute atomic E-state index is 12.9. The van der Waals surface area contributed by atoms with Crippen LogP contribution in [0.5, 0.6) is 11.5 Å². The Kier molecular flexibility index (Phi) is 4.45. The second kappa shape index (κ2) is 5.48. The van der Waals surface area contributed by atoms with E-state index in [1.54, 1.807) is 6.92 Å². The Bertz CT molecular complexity index is 419. The van der Waals surface area contributed by atoms with Crippen LogP contribution in [0.1, 0.15) is 17.2 Å². The third-order valence-corrected chi connectivity index (χ3v) is 2.70. The SMILES string of the molecule is CNC(c1cc(OC)c(OC)cc1C)C(F)(F)F. The van der Waals surface area contributed by atoms with Crippen molar-refractivity contribution in [2.75, 3.05) is 21.3 Å². The molecule has 1 aromatic rings. The molecule has 0 bridgehead atoms. The van der Waals surface area contributed by atoms with Crippen LogP contribution in [0.3, 0.4) is 0 Å². The van der Waals surface area contributed by atoms with Gasteiger partial charge in [0.2, 0.25) is 0 Å². The molecular formula is C12H16F3NO2. The monoisotopic (exact) mass is 263 g/mol. The Morgan fingerprint density at radius 1 is 1.11 bits per heavy atom. The van der Waals surface area contributed by atoms with E-state index in [-0.39, 0.29) is 11.3 Å². The molecule has 0 aromatic heterocycles. The number of hydrogen-bond donors (Lipinski definition) is 1. The number of ether oxygens (including phenoxy) is 2. The van der Waals surface area contributed by atoms with E-state index in [4.69, 9.17) is 9.47 Å². The van der Waals surface area contributed by atoms with Gasteiger partial charge in [0.15, 0.2) is 11.5 Å². The first-order valence-electron chi connectivity index (χ1n) is 5.31. The summed E-state index contributed by atoms with van der Waals surface area (Å²) in [6, 6.07) is 1.16. The molecule has 6 heteroatoms. The number of halogens is 3. The number of aryl methyl sites for hydroxylation is 1. The minimum Gasteiger partial charge on any atom is -0.493 e. The van der Waals surface area contributed by atoms with Crippen molar-refractivity contribution in [1.82, 2.24) is 5.32 Å². The Morgan fingerprint density at radius 3 is 2.00 bits per heavy atom. The van der Waals surface area contributed by atoms with Crippen molar-refractivity contribution in [3.8, 4) is 11.5 Å². The van der Waals surface area contributed by atoms with E-state index in [0.29, 0.717) is 11.3 Å². The van der Waals surface area contributed by atoms with Crippen molar-refractivity contribution in [2.45, 2.75) is 19.1 Å². The minimum atomic E-state index is -4.36. The van der Waals surface area contributed by atoms with E-state index in [1.165, 1.54) is 33.4 Å². The van der Waals surface area contributed by atoms with Crippen molar-refractivity contribution < 1.29 is 22.6 Å². The van der Waals surface area contributed by atoms with Gasteiger partial charge in [0, 0.05) is 0 Å². The normalized spacial score (nSPS) is 13.3. The van der Waals surface area contributed by atoms with Gasteiger partial charge in [0.05, 0.1) is 14.2 Å². The summed E-state index contributed by atoms with van der Waals surface area (Å²) < 4.78 is 48.7. The molecule has 1 aromatic carbocycles. The molecule has 18 heavy (non-hydrogen) atoms. The largest absolute Gasteiger partial charge is 0.493 e. The van der Waals surface area contributed by atoms with E-state index in [1.807, 2.05) is 0 Å². The Morgan fingerprint density at radius 2 is 1.61 bits per heavy atom. The molecule has 1 atom stereocenters. The summed E-state index contributed by atoms with van der Waals surface area (Å²) in [6.45, 7) is 1.60. The average Bonchev–Trinajstić information content (AvgIpc) is 2.29. The fourth-order valence-electron chi connectivity index (χ4n) is 1.80. The molecule has 0 heterocycles. The van der Waals surface area contributed by atoms with Crippen LogP contribution in [0, 0.1) is 6.92 Å². The highest BCUT2D eigenvalue weighted by atomic mass is 19.4. The van der Waals surface area contributed by atoms with Crippen LogP contribution in [-0.4, -0.2) is 27.4 Å². The fraction of sp³-hybridized carbons (Fsp3) is 0.500. The zero-order valence-electron chi connectivity index (χ0n) is 10.7. The highest BCUT2D eigenvalue weighted by Gasteiger charge is 2.40. The molecule has 0 saturated heterocycles. The second-order valence-corrected chi connectivity index (χ2v) is 3.83. The summed E-state index contributed by atoms with van der Waals surface area (Å²) in [5, 5.41) is 2.27. The molecule has 0 aliphatic heterocycles. The lowest BCUT2D eigenvalue weighted by molar-refractivity contribution is -0.156. The van der Waals surface area contributed by atoms with Crippen molar-refractivity contribution in [2.24, 2.45) is 0 Å². The van der Waals surface area contributed by atoms with Crippen LogP contribution < -0.4 is 14.8 Å². The summed E-state index contributed by atoms with van der Waals surface area (Å²) in [6.07, 6.45) is -4.36. The van der Waals surface area contributed by atoms with Gasteiger partial charge in [-0.25, -0.2) is 0 Å². The van der Waals surface area contributed by atoms with Crippen molar-refractivity contribution >= 4 is 0 Å². The number of alkyl halides is 3. The number of rotatable bonds is 4. The zero-order chi connectivity index (χ0) is 13.9. The van der Waals surface area contributed by atoms with Crippen molar-refractivity contribution in [3.63, 3.8) is 0 Å². The third kappa shape index (κ3) is 2.87. The summed E-state index contributed by atoms with van der Waals surface area (Å²) >= 11 is 0. The van der Waals surface area contributed by atoms with E-state index in [0.717, 1.165) is 0 Å². The lowest BCUT2D eigenvalue weighted by Crippen LogP contribution is -2.32. The van der Waals surface area contributed by atoms with Crippen molar-refractivity contribution in [1.29, 1.82) is 0 Å². The molecular weight excluding hydrogens is 247 g/mol. The Balaban J connectivity index is 3.32. The molecule has 3 nitrogen and oxygen atoms in total. The predicted octanol–water partition coefficient (Wildman–Crippen LogP) is 2.84. The van der Waals surface area contributed by atoms with Gasteiger partial charge in [-0.3, -0.25) is 0 Å². The third-order valence-electron chi connectivity index (χ3n) is 2.70. The molecule has 0 radical (unpaired) electrons. The highest BCUT2D eigenvalue weighted by molar-refractivity contribution is 5.48. The molecule has 0 aliphatic carbocycles.